The first-order chi connectivity index (χ1) is 9.24. The molecule has 0 saturated heterocycles. The van der Waals surface area contributed by atoms with Gasteiger partial charge in [0.15, 0.2) is 5.96 Å². The van der Waals surface area contributed by atoms with Crippen LogP contribution in [0.1, 0.15) is 18.4 Å². The van der Waals surface area contributed by atoms with Gasteiger partial charge in [-0.05, 0) is 37.0 Å². The highest BCUT2D eigenvalue weighted by Gasteiger charge is 2.21. The molecule has 0 spiro atoms. The Bertz CT molecular complexity index is 613. The number of hydrogen-bond acceptors (Lipinski definition) is 1. The largest absolute Gasteiger partial charge is 0.370 e. The summed E-state index contributed by atoms with van der Waals surface area (Å²) < 4.78 is 1.12. The van der Waals surface area contributed by atoms with Crippen LogP contribution in [0.4, 0.5) is 0 Å². The quantitative estimate of drug-likeness (QED) is 0.598. The molecule has 1 aromatic heterocycles. The summed E-state index contributed by atoms with van der Waals surface area (Å²) in [5, 5.41) is 4.44. The van der Waals surface area contributed by atoms with Crippen LogP contribution in [0, 0.1) is 0 Å². The Labute approximate surface area is 120 Å². The van der Waals surface area contributed by atoms with Gasteiger partial charge in [-0.25, -0.2) is 0 Å². The van der Waals surface area contributed by atoms with Crippen molar-refractivity contribution in [2.75, 3.05) is 6.54 Å². The van der Waals surface area contributed by atoms with E-state index in [9.17, 15) is 0 Å². The van der Waals surface area contributed by atoms with E-state index in [2.05, 4.69) is 49.6 Å². The lowest BCUT2D eigenvalue weighted by molar-refractivity contribution is 0.871. The molecule has 0 amide bonds. The van der Waals surface area contributed by atoms with Crippen LogP contribution in [-0.2, 0) is 6.42 Å². The van der Waals surface area contributed by atoms with Gasteiger partial charge in [-0.2, -0.15) is 0 Å². The molecule has 1 aliphatic rings. The molecule has 0 radical (unpaired) electrons. The van der Waals surface area contributed by atoms with E-state index in [-0.39, 0.29) is 0 Å². The number of aromatic nitrogens is 1. The molecule has 4 nitrogen and oxygen atoms in total. The standard InChI is InChI=1S/C14H17BrN4/c15-11-2-1-3-12-13(11)9(8-18-12)6-7-17-14(16)19-10-4-5-10/h1-3,8,10,18H,4-7H2,(H3,16,17,19). The minimum Gasteiger partial charge on any atom is -0.370 e. The second-order valence-electron chi connectivity index (χ2n) is 4.91. The Morgan fingerprint density at radius 2 is 2.32 bits per heavy atom. The molecule has 0 aliphatic heterocycles. The number of guanidine groups is 1. The Morgan fingerprint density at radius 3 is 3.11 bits per heavy atom. The maximum atomic E-state index is 5.82. The minimum absolute atomic E-state index is 0.561. The minimum atomic E-state index is 0.561. The van der Waals surface area contributed by atoms with Gasteiger partial charge in [-0.15, -0.1) is 0 Å². The van der Waals surface area contributed by atoms with Crippen LogP contribution in [0.15, 0.2) is 33.9 Å². The van der Waals surface area contributed by atoms with E-state index in [1.54, 1.807) is 0 Å². The van der Waals surface area contributed by atoms with Crippen molar-refractivity contribution < 1.29 is 0 Å². The molecule has 1 saturated carbocycles. The number of H-pyrrole nitrogens is 1. The molecule has 2 aromatic rings. The number of nitrogens with two attached hydrogens (primary N) is 1. The van der Waals surface area contributed by atoms with Crippen molar-refractivity contribution in [2.24, 2.45) is 10.7 Å². The normalized spacial score (nSPS) is 15.9. The molecular weight excluding hydrogens is 304 g/mol. The summed E-state index contributed by atoms with van der Waals surface area (Å²) in [6.07, 6.45) is 5.36. The number of halogens is 1. The number of fused-ring (bicyclic) bond motifs is 1. The number of aliphatic imine (C=N–C) groups is 1. The summed E-state index contributed by atoms with van der Waals surface area (Å²) in [4.78, 5) is 7.65. The zero-order valence-electron chi connectivity index (χ0n) is 10.6. The summed E-state index contributed by atoms with van der Waals surface area (Å²) in [5.41, 5.74) is 8.24. The number of nitrogens with one attached hydrogen (secondary N) is 2. The highest BCUT2D eigenvalue weighted by atomic mass is 79.9. The zero-order chi connectivity index (χ0) is 13.2. The van der Waals surface area contributed by atoms with E-state index in [1.807, 2.05) is 6.07 Å². The second kappa shape index (κ2) is 5.25. The molecular formula is C14H17BrN4. The number of nitrogens with zero attached hydrogens (tertiary/aromatic N) is 1. The van der Waals surface area contributed by atoms with Crippen molar-refractivity contribution in [2.45, 2.75) is 25.3 Å². The Hall–Kier alpha value is -1.49. The van der Waals surface area contributed by atoms with Crippen molar-refractivity contribution in [1.82, 2.24) is 10.3 Å². The average molecular weight is 321 g/mol. The molecule has 0 atom stereocenters. The SMILES string of the molecule is NC(=NCCc1c[nH]c2cccc(Br)c12)NC1CC1. The summed E-state index contributed by atoms with van der Waals surface area (Å²) in [6, 6.07) is 6.73. The monoisotopic (exact) mass is 320 g/mol. The van der Waals surface area contributed by atoms with Crippen LogP contribution in [0.2, 0.25) is 0 Å². The fraction of sp³-hybridized carbons (Fsp3) is 0.357. The fourth-order valence-corrected chi connectivity index (χ4v) is 2.81. The average Bonchev–Trinajstić information content (AvgIpc) is 3.09. The van der Waals surface area contributed by atoms with Crippen molar-refractivity contribution in [3.8, 4) is 0 Å². The summed E-state index contributed by atoms with van der Waals surface area (Å²) >= 11 is 3.60. The molecule has 3 rings (SSSR count). The molecule has 0 unspecified atom stereocenters. The topological polar surface area (TPSA) is 66.2 Å². The van der Waals surface area contributed by atoms with Gasteiger partial charge in [-0.1, -0.05) is 22.0 Å². The molecule has 19 heavy (non-hydrogen) atoms. The highest BCUT2D eigenvalue weighted by molar-refractivity contribution is 9.10. The lowest BCUT2D eigenvalue weighted by Gasteiger charge is -2.03. The first-order valence-electron chi connectivity index (χ1n) is 6.55. The van der Waals surface area contributed by atoms with Gasteiger partial charge >= 0.3 is 0 Å². The van der Waals surface area contributed by atoms with Crippen LogP contribution in [-0.4, -0.2) is 23.5 Å². The van der Waals surface area contributed by atoms with Gasteiger partial charge < -0.3 is 16.0 Å². The van der Waals surface area contributed by atoms with Crippen molar-refractivity contribution in [3.63, 3.8) is 0 Å². The summed E-state index contributed by atoms with van der Waals surface area (Å²) in [6.45, 7) is 0.708. The number of hydrogen-bond donors (Lipinski definition) is 3. The lowest BCUT2D eigenvalue weighted by atomic mass is 10.1. The van der Waals surface area contributed by atoms with Gasteiger partial charge in [0, 0.05) is 34.2 Å². The predicted molar refractivity (Wildman–Crippen MR) is 82.3 cm³/mol. The first-order valence-corrected chi connectivity index (χ1v) is 7.34. The van der Waals surface area contributed by atoms with Crippen LogP contribution >= 0.6 is 15.9 Å². The van der Waals surface area contributed by atoms with Crippen molar-refractivity contribution in [3.05, 3.63) is 34.4 Å². The molecule has 1 heterocycles. The molecule has 5 heteroatoms. The molecule has 100 valence electrons. The molecule has 1 aliphatic carbocycles. The first kappa shape index (κ1) is 12.5. The number of rotatable bonds is 4. The van der Waals surface area contributed by atoms with Gasteiger partial charge in [0.25, 0.3) is 0 Å². The third kappa shape index (κ3) is 2.92. The third-order valence-corrected chi connectivity index (χ3v) is 3.99. The predicted octanol–water partition coefficient (Wildman–Crippen LogP) is 2.54. The van der Waals surface area contributed by atoms with E-state index < -0.39 is 0 Å². The Balaban J connectivity index is 1.68. The van der Waals surface area contributed by atoms with Gasteiger partial charge in [0.05, 0.1) is 0 Å². The van der Waals surface area contributed by atoms with Crippen molar-refractivity contribution in [1.29, 1.82) is 0 Å². The molecule has 0 bridgehead atoms. The van der Waals surface area contributed by atoms with Crippen LogP contribution in [0.3, 0.4) is 0 Å². The lowest BCUT2D eigenvalue weighted by Crippen LogP contribution is -2.33. The van der Waals surface area contributed by atoms with Gasteiger partial charge in [-0.3, -0.25) is 4.99 Å². The maximum absolute atomic E-state index is 5.82. The number of benzene rings is 1. The highest BCUT2D eigenvalue weighted by Crippen LogP contribution is 2.27. The smallest absolute Gasteiger partial charge is 0.188 e. The summed E-state index contributed by atoms with van der Waals surface area (Å²) in [7, 11) is 0. The van der Waals surface area contributed by atoms with E-state index in [0.717, 1.165) is 16.4 Å². The van der Waals surface area contributed by atoms with Crippen LogP contribution < -0.4 is 11.1 Å². The van der Waals surface area contributed by atoms with E-state index in [0.29, 0.717) is 18.5 Å². The fourth-order valence-electron chi connectivity index (χ4n) is 2.18. The van der Waals surface area contributed by atoms with E-state index in [1.165, 1.54) is 23.8 Å². The Kier molecular flexibility index (Phi) is 3.46. The molecule has 1 aromatic carbocycles. The second-order valence-corrected chi connectivity index (χ2v) is 5.77. The maximum Gasteiger partial charge on any atom is 0.188 e. The van der Waals surface area contributed by atoms with Crippen LogP contribution in [0.25, 0.3) is 10.9 Å². The summed E-state index contributed by atoms with van der Waals surface area (Å²) in [5.74, 6) is 0.571. The van der Waals surface area contributed by atoms with Crippen LogP contribution in [0.5, 0.6) is 0 Å². The molecule has 4 N–H and O–H groups in total. The van der Waals surface area contributed by atoms with Crippen molar-refractivity contribution >= 4 is 32.8 Å². The zero-order valence-corrected chi connectivity index (χ0v) is 12.2. The molecule has 1 fully saturated rings. The van der Waals surface area contributed by atoms with E-state index in [4.69, 9.17) is 5.73 Å². The van der Waals surface area contributed by atoms with Gasteiger partial charge in [0.2, 0.25) is 0 Å². The third-order valence-electron chi connectivity index (χ3n) is 3.33. The van der Waals surface area contributed by atoms with E-state index >= 15 is 0 Å². The van der Waals surface area contributed by atoms with Gasteiger partial charge in [0.1, 0.15) is 0 Å². The number of aromatic amines is 1. The Morgan fingerprint density at radius 1 is 1.47 bits per heavy atom.